The number of carbonyl (C=O) groups is 2. The molecule has 6 heteroatoms. The lowest BCUT2D eigenvalue weighted by Crippen LogP contribution is -2.59. The molecule has 1 fully saturated rings. The minimum atomic E-state index is -0.781. The highest BCUT2D eigenvalue weighted by Gasteiger charge is 2.39. The fourth-order valence-corrected chi connectivity index (χ4v) is 2.52. The number of benzene rings is 1. The maximum absolute atomic E-state index is 13.9. The molecule has 0 aromatic heterocycles. The van der Waals surface area contributed by atoms with Crippen LogP contribution in [0.25, 0.3) is 0 Å². The highest BCUT2D eigenvalue weighted by Crippen LogP contribution is 2.27. The largest absolute Gasteiger partial charge is 0.329 e. The number of hydrogen-bond acceptors (Lipinski definition) is 2. The van der Waals surface area contributed by atoms with E-state index >= 15 is 0 Å². The monoisotopic (exact) mass is 310 g/mol. The van der Waals surface area contributed by atoms with Crippen molar-refractivity contribution in [3.05, 3.63) is 29.8 Å². The van der Waals surface area contributed by atoms with E-state index in [2.05, 4.69) is 0 Å². The van der Waals surface area contributed by atoms with Crippen molar-refractivity contribution in [1.29, 1.82) is 0 Å². The van der Waals surface area contributed by atoms with Gasteiger partial charge in [-0.3, -0.25) is 9.59 Å². The maximum Gasteiger partial charge on any atom is 0.249 e. The molecule has 0 aliphatic carbocycles. The number of rotatable bonds is 1. The molecule has 1 aliphatic rings. The molecule has 1 aliphatic heterocycles. The van der Waals surface area contributed by atoms with Crippen LogP contribution < -0.4 is 4.90 Å². The summed E-state index contributed by atoms with van der Waals surface area (Å²) in [6.07, 6.45) is 0. The SMILES string of the molecule is C[C@H]1C(=O)N(c2ccc(F)cc2F)CCN1C(=O)C(C)(C)C. The van der Waals surface area contributed by atoms with Crippen LogP contribution in [0.5, 0.6) is 0 Å². The Morgan fingerprint density at radius 3 is 2.41 bits per heavy atom. The second-order valence-electron chi connectivity index (χ2n) is 6.51. The summed E-state index contributed by atoms with van der Waals surface area (Å²) < 4.78 is 26.9. The predicted molar refractivity (Wildman–Crippen MR) is 79.3 cm³/mol. The Morgan fingerprint density at radius 1 is 1.23 bits per heavy atom. The van der Waals surface area contributed by atoms with Gasteiger partial charge in [-0.2, -0.15) is 0 Å². The second-order valence-corrected chi connectivity index (χ2v) is 6.51. The molecule has 0 bridgehead atoms. The molecule has 0 saturated carbocycles. The zero-order valence-corrected chi connectivity index (χ0v) is 13.2. The van der Waals surface area contributed by atoms with Gasteiger partial charge in [-0.25, -0.2) is 8.78 Å². The molecular weight excluding hydrogens is 290 g/mol. The van der Waals surface area contributed by atoms with E-state index in [-0.39, 0.29) is 24.0 Å². The van der Waals surface area contributed by atoms with E-state index in [4.69, 9.17) is 0 Å². The van der Waals surface area contributed by atoms with Gasteiger partial charge in [0.05, 0.1) is 5.69 Å². The number of anilines is 1. The molecule has 0 radical (unpaired) electrons. The molecule has 1 atom stereocenters. The molecular formula is C16H20F2N2O2. The number of piperazine rings is 1. The van der Waals surface area contributed by atoms with Gasteiger partial charge in [-0.1, -0.05) is 20.8 Å². The Morgan fingerprint density at radius 2 is 1.86 bits per heavy atom. The van der Waals surface area contributed by atoms with Crippen molar-refractivity contribution in [3.63, 3.8) is 0 Å². The van der Waals surface area contributed by atoms with Gasteiger partial charge >= 0.3 is 0 Å². The van der Waals surface area contributed by atoms with Gasteiger partial charge in [0, 0.05) is 24.6 Å². The molecule has 0 unspecified atom stereocenters. The summed E-state index contributed by atoms with van der Waals surface area (Å²) in [5.74, 6) is -1.96. The second kappa shape index (κ2) is 5.66. The quantitative estimate of drug-likeness (QED) is 0.800. The van der Waals surface area contributed by atoms with Crippen LogP contribution in [0.1, 0.15) is 27.7 Å². The van der Waals surface area contributed by atoms with Gasteiger partial charge < -0.3 is 9.80 Å². The van der Waals surface area contributed by atoms with Gasteiger partial charge in [-0.15, -0.1) is 0 Å². The summed E-state index contributed by atoms with van der Waals surface area (Å²) >= 11 is 0. The molecule has 1 saturated heterocycles. The molecule has 4 nitrogen and oxygen atoms in total. The zero-order valence-electron chi connectivity index (χ0n) is 13.2. The van der Waals surface area contributed by atoms with E-state index in [0.29, 0.717) is 6.54 Å². The number of amides is 2. The first-order valence-corrected chi connectivity index (χ1v) is 7.20. The highest BCUT2D eigenvalue weighted by molar-refractivity contribution is 6.00. The van der Waals surface area contributed by atoms with E-state index in [0.717, 1.165) is 12.1 Å². The maximum atomic E-state index is 13.9. The van der Waals surface area contributed by atoms with Gasteiger partial charge in [0.2, 0.25) is 11.8 Å². The molecule has 1 heterocycles. The molecule has 2 amide bonds. The summed E-state index contributed by atoms with van der Waals surface area (Å²) in [7, 11) is 0. The molecule has 22 heavy (non-hydrogen) atoms. The topological polar surface area (TPSA) is 40.6 Å². The number of hydrogen-bond donors (Lipinski definition) is 0. The van der Waals surface area contributed by atoms with E-state index in [1.165, 1.54) is 15.9 Å². The summed E-state index contributed by atoms with van der Waals surface area (Å²) in [6.45, 7) is 7.50. The van der Waals surface area contributed by atoms with Gasteiger partial charge in [0.25, 0.3) is 0 Å². The van der Waals surface area contributed by atoms with E-state index < -0.39 is 23.1 Å². The van der Waals surface area contributed by atoms with E-state index in [1.54, 1.807) is 27.7 Å². The first-order valence-electron chi connectivity index (χ1n) is 7.20. The minimum Gasteiger partial charge on any atom is -0.329 e. The lowest BCUT2D eigenvalue weighted by atomic mass is 9.93. The summed E-state index contributed by atoms with van der Waals surface area (Å²) in [5, 5.41) is 0. The molecule has 120 valence electrons. The highest BCUT2D eigenvalue weighted by atomic mass is 19.1. The number of carbonyl (C=O) groups excluding carboxylic acids is 2. The van der Waals surface area contributed by atoms with Crippen molar-refractivity contribution in [2.75, 3.05) is 18.0 Å². The fraction of sp³-hybridized carbons (Fsp3) is 0.500. The number of nitrogens with zero attached hydrogens (tertiary/aromatic N) is 2. The molecule has 1 aromatic carbocycles. The first kappa shape index (κ1) is 16.4. The van der Waals surface area contributed by atoms with Crippen molar-refractivity contribution in [3.8, 4) is 0 Å². The van der Waals surface area contributed by atoms with Crippen molar-refractivity contribution in [2.45, 2.75) is 33.7 Å². The van der Waals surface area contributed by atoms with Crippen LogP contribution in [-0.2, 0) is 9.59 Å². The standard InChI is InChI=1S/C16H20F2N2O2/c1-10-14(21)20(13-6-5-11(17)9-12(13)18)8-7-19(10)15(22)16(2,3)4/h5-6,9-10H,7-8H2,1-4H3/t10-/m0/s1. The van der Waals surface area contributed by atoms with E-state index in [9.17, 15) is 18.4 Å². The summed E-state index contributed by atoms with van der Waals surface area (Å²) in [6, 6.07) is 2.43. The Labute approximate surface area is 128 Å². The molecule has 0 N–H and O–H groups in total. The summed E-state index contributed by atoms with van der Waals surface area (Å²) in [4.78, 5) is 27.6. The third-order valence-electron chi connectivity index (χ3n) is 3.76. The predicted octanol–water partition coefficient (Wildman–Crippen LogP) is 2.57. The Hall–Kier alpha value is -1.98. The van der Waals surface area contributed by atoms with Crippen LogP contribution in [0, 0.1) is 17.0 Å². The van der Waals surface area contributed by atoms with Crippen LogP contribution in [0.3, 0.4) is 0 Å². The molecule has 1 aromatic rings. The van der Waals surface area contributed by atoms with Crippen LogP contribution in [0.2, 0.25) is 0 Å². The van der Waals surface area contributed by atoms with Crippen LogP contribution in [-0.4, -0.2) is 35.8 Å². The third kappa shape index (κ3) is 2.96. The van der Waals surface area contributed by atoms with Gasteiger partial charge in [-0.05, 0) is 19.1 Å². The normalized spacial score (nSPS) is 19.5. The Balaban J connectivity index is 2.25. The van der Waals surface area contributed by atoms with Gasteiger partial charge in [0.1, 0.15) is 17.7 Å². The average Bonchev–Trinajstić information content (AvgIpc) is 2.41. The van der Waals surface area contributed by atoms with Crippen LogP contribution >= 0.6 is 0 Å². The fourth-order valence-electron chi connectivity index (χ4n) is 2.52. The van der Waals surface area contributed by atoms with Crippen LogP contribution in [0.4, 0.5) is 14.5 Å². The number of halogens is 2. The average molecular weight is 310 g/mol. The van der Waals surface area contributed by atoms with Crippen molar-refractivity contribution >= 4 is 17.5 Å². The van der Waals surface area contributed by atoms with Crippen molar-refractivity contribution in [1.82, 2.24) is 4.90 Å². The lowest BCUT2D eigenvalue weighted by Gasteiger charge is -2.41. The van der Waals surface area contributed by atoms with Crippen molar-refractivity contribution in [2.24, 2.45) is 5.41 Å². The Bertz CT molecular complexity index is 611. The smallest absolute Gasteiger partial charge is 0.249 e. The zero-order chi connectivity index (χ0) is 16.7. The van der Waals surface area contributed by atoms with Crippen LogP contribution in [0.15, 0.2) is 18.2 Å². The molecule has 0 spiro atoms. The minimum absolute atomic E-state index is 0.0427. The summed E-state index contributed by atoms with van der Waals surface area (Å²) in [5.41, 5.74) is -0.543. The van der Waals surface area contributed by atoms with Crippen molar-refractivity contribution < 1.29 is 18.4 Å². The molecule has 2 rings (SSSR count). The lowest BCUT2D eigenvalue weighted by molar-refractivity contribution is -0.147. The Kier molecular flexibility index (Phi) is 4.22. The third-order valence-corrected chi connectivity index (χ3v) is 3.76. The van der Waals surface area contributed by atoms with Gasteiger partial charge in [0.15, 0.2) is 0 Å². The first-order chi connectivity index (χ1) is 10.1. The van der Waals surface area contributed by atoms with E-state index in [1.807, 2.05) is 0 Å².